The second-order valence-electron chi connectivity index (χ2n) is 2.72. The first-order valence-electron chi connectivity index (χ1n) is 3.67. The molecular formula is C6H7N3O3. The molecule has 0 aromatic heterocycles. The smallest absolute Gasteiger partial charge is 0.227 e. The monoisotopic (exact) mass is 169 g/mol. The Bertz CT molecular complexity index is 249. The van der Waals surface area contributed by atoms with E-state index < -0.39 is 5.91 Å². The van der Waals surface area contributed by atoms with E-state index in [0.29, 0.717) is 13.2 Å². The molecule has 1 saturated heterocycles. The number of carbonyl (C=O) groups is 1. The Balaban J connectivity index is 2.00. The van der Waals surface area contributed by atoms with Crippen molar-refractivity contribution >= 4 is 5.91 Å². The molecule has 1 heterocycles. The molecule has 2 fully saturated rings. The summed E-state index contributed by atoms with van der Waals surface area (Å²) < 4.78 is 10.4. The van der Waals surface area contributed by atoms with Crippen molar-refractivity contribution in [3.05, 3.63) is 10.4 Å². The molecule has 2 aliphatic rings. The Morgan fingerprint density at radius 1 is 1.42 bits per heavy atom. The highest BCUT2D eigenvalue weighted by molar-refractivity contribution is 5.84. The standard InChI is InChI=1S/C6H7N3O3/c7-9-8-6(10)3-4-5(3)12-2-1-11-4/h3-5H,1-2H2. The van der Waals surface area contributed by atoms with Crippen LogP contribution in [-0.2, 0) is 14.3 Å². The molecular weight excluding hydrogens is 162 g/mol. The van der Waals surface area contributed by atoms with E-state index in [1.165, 1.54) is 0 Å². The lowest BCUT2D eigenvalue weighted by molar-refractivity contribution is -0.120. The van der Waals surface area contributed by atoms with E-state index in [4.69, 9.17) is 15.0 Å². The number of carbonyl (C=O) groups excluding carboxylic acids is 1. The summed E-state index contributed by atoms with van der Waals surface area (Å²) in [5.74, 6) is -0.835. The van der Waals surface area contributed by atoms with Crippen LogP contribution in [0, 0.1) is 5.92 Å². The van der Waals surface area contributed by atoms with Crippen molar-refractivity contribution in [2.75, 3.05) is 13.2 Å². The van der Waals surface area contributed by atoms with Crippen molar-refractivity contribution < 1.29 is 14.3 Å². The maximum atomic E-state index is 11.0. The van der Waals surface area contributed by atoms with Crippen LogP contribution < -0.4 is 0 Å². The lowest BCUT2D eigenvalue weighted by atomic mass is 10.4. The minimum atomic E-state index is -0.477. The third kappa shape index (κ3) is 1.06. The van der Waals surface area contributed by atoms with Gasteiger partial charge in [0.15, 0.2) is 0 Å². The number of rotatable bonds is 1. The van der Waals surface area contributed by atoms with Crippen LogP contribution in [0.1, 0.15) is 0 Å². The minimum Gasteiger partial charge on any atom is -0.372 e. The Kier molecular flexibility index (Phi) is 1.73. The average Bonchev–Trinajstić information content (AvgIpc) is 2.78. The van der Waals surface area contributed by atoms with Gasteiger partial charge in [-0.25, -0.2) is 0 Å². The van der Waals surface area contributed by atoms with E-state index in [-0.39, 0.29) is 18.1 Å². The Hall–Kier alpha value is -1.10. The number of amides is 1. The molecule has 0 spiro atoms. The zero-order valence-corrected chi connectivity index (χ0v) is 6.21. The van der Waals surface area contributed by atoms with Gasteiger partial charge in [-0.05, 0) is 10.6 Å². The Labute approximate surface area is 68.1 Å². The third-order valence-electron chi connectivity index (χ3n) is 2.02. The van der Waals surface area contributed by atoms with E-state index in [0.717, 1.165) is 0 Å². The molecule has 1 aliphatic heterocycles. The molecule has 2 rings (SSSR count). The minimum absolute atomic E-state index is 0.170. The van der Waals surface area contributed by atoms with E-state index in [9.17, 15) is 4.79 Å². The first-order valence-corrected chi connectivity index (χ1v) is 3.67. The van der Waals surface area contributed by atoms with Gasteiger partial charge < -0.3 is 9.47 Å². The molecule has 1 saturated carbocycles. The van der Waals surface area contributed by atoms with E-state index >= 15 is 0 Å². The van der Waals surface area contributed by atoms with Gasteiger partial charge in [-0.15, -0.1) is 0 Å². The molecule has 0 radical (unpaired) electrons. The van der Waals surface area contributed by atoms with Crippen LogP contribution in [-0.4, -0.2) is 31.3 Å². The normalized spacial score (nSPS) is 37.8. The highest BCUT2D eigenvalue weighted by Crippen LogP contribution is 2.40. The Morgan fingerprint density at radius 3 is 2.50 bits per heavy atom. The molecule has 0 N–H and O–H groups in total. The summed E-state index contributed by atoms with van der Waals surface area (Å²) in [6.45, 7) is 1.03. The topological polar surface area (TPSA) is 84.3 Å². The van der Waals surface area contributed by atoms with E-state index in [1.807, 2.05) is 0 Å². The maximum absolute atomic E-state index is 11.0. The first-order chi connectivity index (χ1) is 5.84. The summed E-state index contributed by atoms with van der Waals surface area (Å²) >= 11 is 0. The van der Waals surface area contributed by atoms with Crippen LogP contribution in [0.25, 0.3) is 10.4 Å². The number of ether oxygens (including phenoxy) is 2. The highest BCUT2D eigenvalue weighted by Gasteiger charge is 2.58. The lowest BCUT2D eigenvalue weighted by Gasteiger charge is -2.08. The number of nitrogens with zero attached hydrogens (tertiary/aromatic N) is 3. The van der Waals surface area contributed by atoms with Crippen LogP contribution >= 0.6 is 0 Å². The fourth-order valence-corrected chi connectivity index (χ4v) is 1.41. The van der Waals surface area contributed by atoms with Gasteiger partial charge in [0.05, 0.1) is 31.3 Å². The van der Waals surface area contributed by atoms with E-state index in [1.54, 1.807) is 0 Å². The van der Waals surface area contributed by atoms with Crippen molar-refractivity contribution in [2.45, 2.75) is 12.2 Å². The van der Waals surface area contributed by atoms with E-state index in [2.05, 4.69) is 10.0 Å². The highest BCUT2D eigenvalue weighted by atomic mass is 16.6. The van der Waals surface area contributed by atoms with Crippen molar-refractivity contribution in [3.8, 4) is 0 Å². The predicted octanol–water partition coefficient (Wildman–Crippen LogP) is 0.237. The number of fused-ring (bicyclic) bond motifs is 1. The van der Waals surface area contributed by atoms with Crippen molar-refractivity contribution in [2.24, 2.45) is 11.0 Å². The van der Waals surface area contributed by atoms with Crippen LogP contribution in [0.3, 0.4) is 0 Å². The van der Waals surface area contributed by atoms with Gasteiger partial charge in [0.25, 0.3) is 0 Å². The second kappa shape index (κ2) is 2.75. The number of hydrogen-bond donors (Lipinski definition) is 0. The van der Waals surface area contributed by atoms with Crippen LogP contribution in [0.15, 0.2) is 5.11 Å². The fraction of sp³-hybridized carbons (Fsp3) is 0.833. The maximum Gasteiger partial charge on any atom is 0.227 e. The van der Waals surface area contributed by atoms with Crippen molar-refractivity contribution in [3.63, 3.8) is 0 Å². The van der Waals surface area contributed by atoms with Crippen molar-refractivity contribution in [1.29, 1.82) is 0 Å². The molecule has 6 heteroatoms. The number of azide groups is 1. The molecule has 1 aliphatic carbocycles. The number of hydrogen-bond acceptors (Lipinski definition) is 3. The molecule has 0 aromatic rings. The van der Waals surface area contributed by atoms with Gasteiger partial charge in [0.2, 0.25) is 5.91 Å². The largest absolute Gasteiger partial charge is 0.372 e. The summed E-state index contributed by atoms with van der Waals surface area (Å²) in [5, 5.41) is 2.99. The van der Waals surface area contributed by atoms with Crippen LogP contribution in [0.4, 0.5) is 0 Å². The third-order valence-corrected chi connectivity index (χ3v) is 2.02. The summed E-state index contributed by atoms with van der Waals surface area (Å²) in [6.07, 6.45) is -0.339. The molecule has 2 unspecified atom stereocenters. The van der Waals surface area contributed by atoms with Crippen LogP contribution in [0.5, 0.6) is 0 Å². The molecule has 6 nitrogen and oxygen atoms in total. The lowest BCUT2D eigenvalue weighted by Crippen LogP contribution is -2.16. The molecule has 2 atom stereocenters. The Morgan fingerprint density at radius 2 is 2.00 bits per heavy atom. The van der Waals surface area contributed by atoms with Gasteiger partial charge in [-0.2, -0.15) is 0 Å². The van der Waals surface area contributed by atoms with Gasteiger partial charge in [0.1, 0.15) is 0 Å². The zero-order chi connectivity index (χ0) is 8.55. The summed E-state index contributed by atoms with van der Waals surface area (Å²) in [6, 6.07) is 0. The summed E-state index contributed by atoms with van der Waals surface area (Å²) in [5.41, 5.74) is 8.00. The molecule has 64 valence electrons. The fourth-order valence-electron chi connectivity index (χ4n) is 1.41. The zero-order valence-electron chi connectivity index (χ0n) is 6.21. The van der Waals surface area contributed by atoms with Gasteiger partial charge >= 0.3 is 0 Å². The predicted molar refractivity (Wildman–Crippen MR) is 37.1 cm³/mol. The molecule has 12 heavy (non-hydrogen) atoms. The average molecular weight is 169 g/mol. The van der Waals surface area contributed by atoms with Gasteiger partial charge in [-0.1, -0.05) is 0 Å². The molecule has 0 aromatic carbocycles. The van der Waals surface area contributed by atoms with Crippen molar-refractivity contribution in [1.82, 2.24) is 0 Å². The van der Waals surface area contributed by atoms with Gasteiger partial charge in [0, 0.05) is 4.91 Å². The summed E-state index contributed by atoms with van der Waals surface area (Å²) in [7, 11) is 0. The second-order valence-corrected chi connectivity index (χ2v) is 2.72. The molecule has 1 amide bonds. The quantitative estimate of drug-likeness (QED) is 0.320. The first kappa shape index (κ1) is 7.54. The van der Waals surface area contributed by atoms with Crippen LogP contribution in [0.2, 0.25) is 0 Å². The molecule has 0 bridgehead atoms. The van der Waals surface area contributed by atoms with Gasteiger partial charge in [-0.3, -0.25) is 4.79 Å². The SMILES string of the molecule is [N-]=[N+]=NC(=O)C1C2OCCOC21. The summed E-state index contributed by atoms with van der Waals surface area (Å²) in [4.78, 5) is 13.4.